The van der Waals surface area contributed by atoms with Crippen molar-refractivity contribution in [3.05, 3.63) is 45.3 Å². The minimum atomic E-state index is -0.0456. The Labute approximate surface area is 123 Å². The lowest BCUT2D eigenvalue weighted by molar-refractivity contribution is 0.291. The van der Waals surface area contributed by atoms with E-state index >= 15 is 0 Å². The molecule has 20 heavy (non-hydrogen) atoms. The summed E-state index contributed by atoms with van der Waals surface area (Å²) in [4.78, 5) is 12.6. The molecule has 1 aromatic heterocycles. The monoisotopic (exact) mass is 294 g/mol. The maximum Gasteiger partial charge on any atom is 0.260 e. The molecule has 0 spiro atoms. The Hall–Kier alpha value is -1.36. The number of aromatic nitrogens is 1. The van der Waals surface area contributed by atoms with Gasteiger partial charge in [-0.1, -0.05) is 30.7 Å². The number of nitrogens with zero attached hydrogens (tertiary/aromatic N) is 1. The van der Waals surface area contributed by atoms with Crippen LogP contribution in [0.4, 0.5) is 0 Å². The van der Waals surface area contributed by atoms with Crippen LogP contribution in [-0.4, -0.2) is 29.4 Å². The quantitative estimate of drug-likeness (QED) is 0.799. The standard InChI is InChI=1S/C15H19ClN2O2/c1-2-12-10-11-4-3-5-13(16)14(11)15(20)18(12)8-6-17-7-9-19/h3-5,10,17,19H,2,6-9H2,1H3. The predicted molar refractivity (Wildman–Crippen MR) is 82.6 cm³/mol. The molecule has 0 aliphatic rings. The van der Waals surface area contributed by atoms with Gasteiger partial charge in [0.15, 0.2) is 0 Å². The first-order valence-corrected chi connectivity index (χ1v) is 7.19. The molecular weight excluding hydrogens is 276 g/mol. The highest BCUT2D eigenvalue weighted by atomic mass is 35.5. The van der Waals surface area contributed by atoms with Gasteiger partial charge in [-0.3, -0.25) is 4.79 Å². The molecule has 5 heteroatoms. The molecule has 0 bridgehead atoms. The highest BCUT2D eigenvalue weighted by Gasteiger charge is 2.10. The van der Waals surface area contributed by atoms with Gasteiger partial charge in [-0.15, -0.1) is 0 Å². The van der Waals surface area contributed by atoms with Crippen LogP contribution < -0.4 is 10.9 Å². The zero-order valence-electron chi connectivity index (χ0n) is 11.5. The van der Waals surface area contributed by atoms with E-state index in [1.165, 1.54) is 0 Å². The molecule has 0 fully saturated rings. The number of aliphatic hydroxyl groups excluding tert-OH is 1. The number of aryl methyl sites for hydroxylation is 1. The fraction of sp³-hybridized carbons (Fsp3) is 0.400. The van der Waals surface area contributed by atoms with Gasteiger partial charge < -0.3 is 15.0 Å². The smallest absolute Gasteiger partial charge is 0.260 e. The molecule has 0 aliphatic heterocycles. The number of hydrogen-bond acceptors (Lipinski definition) is 3. The van der Waals surface area contributed by atoms with Gasteiger partial charge in [0.2, 0.25) is 0 Å². The normalized spacial score (nSPS) is 11.2. The summed E-state index contributed by atoms with van der Waals surface area (Å²) in [7, 11) is 0. The van der Waals surface area contributed by atoms with Crippen LogP contribution in [0, 0.1) is 0 Å². The van der Waals surface area contributed by atoms with Crippen molar-refractivity contribution in [2.24, 2.45) is 0 Å². The van der Waals surface area contributed by atoms with Gasteiger partial charge in [0.25, 0.3) is 5.56 Å². The summed E-state index contributed by atoms with van der Waals surface area (Å²) in [6.45, 7) is 3.87. The number of hydrogen-bond donors (Lipinski definition) is 2. The third kappa shape index (κ3) is 3.03. The van der Waals surface area contributed by atoms with Gasteiger partial charge >= 0.3 is 0 Å². The van der Waals surface area contributed by atoms with E-state index in [-0.39, 0.29) is 12.2 Å². The van der Waals surface area contributed by atoms with Gasteiger partial charge in [0, 0.05) is 25.3 Å². The average molecular weight is 295 g/mol. The molecule has 0 radical (unpaired) electrons. The molecule has 2 rings (SSSR count). The van der Waals surface area contributed by atoms with Gasteiger partial charge in [0.05, 0.1) is 17.0 Å². The SMILES string of the molecule is CCc1cc2cccc(Cl)c2c(=O)n1CCNCCO. The second kappa shape index (κ2) is 6.88. The van der Waals surface area contributed by atoms with Crippen molar-refractivity contribution in [1.29, 1.82) is 0 Å². The fourth-order valence-electron chi connectivity index (χ4n) is 2.34. The number of benzene rings is 1. The third-order valence-corrected chi connectivity index (χ3v) is 3.65. The van der Waals surface area contributed by atoms with E-state index < -0.39 is 0 Å². The van der Waals surface area contributed by atoms with E-state index in [9.17, 15) is 4.79 Å². The second-order valence-electron chi connectivity index (χ2n) is 4.62. The van der Waals surface area contributed by atoms with E-state index in [1.807, 2.05) is 25.1 Å². The topological polar surface area (TPSA) is 54.3 Å². The molecule has 4 nitrogen and oxygen atoms in total. The number of nitrogens with one attached hydrogen (secondary N) is 1. The predicted octanol–water partition coefficient (Wildman–Crippen LogP) is 1.80. The van der Waals surface area contributed by atoms with Crippen molar-refractivity contribution in [1.82, 2.24) is 9.88 Å². The molecule has 1 aromatic carbocycles. The van der Waals surface area contributed by atoms with Crippen molar-refractivity contribution in [2.75, 3.05) is 19.7 Å². The van der Waals surface area contributed by atoms with Crippen LogP contribution in [0.25, 0.3) is 10.8 Å². The first-order valence-electron chi connectivity index (χ1n) is 6.81. The first-order chi connectivity index (χ1) is 9.69. The van der Waals surface area contributed by atoms with Crippen molar-refractivity contribution < 1.29 is 5.11 Å². The van der Waals surface area contributed by atoms with Gasteiger partial charge in [-0.2, -0.15) is 0 Å². The van der Waals surface area contributed by atoms with E-state index in [1.54, 1.807) is 10.6 Å². The molecule has 0 saturated heterocycles. The van der Waals surface area contributed by atoms with E-state index in [4.69, 9.17) is 16.7 Å². The van der Waals surface area contributed by atoms with Crippen LogP contribution in [0.5, 0.6) is 0 Å². The van der Waals surface area contributed by atoms with Crippen LogP contribution in [0.3, 0.4) is 0 Å². The van der Waals surface area contributed by atoms with Gasteiger partial charge in [-0.05, 0) is 23.9 Å². The summed E-state index contributed by atoms with van der Waals surface area (Å²) >= 11 is 6.15. The Morgan fingerprint density at radius 1 is 1.35 bits per heavy atom. The lowest BCUT2D eigenvalue weighted by Crippen LogP contribution is -2.30. The molecular formula is C15H19ClN2O2. The highest BCUT2D eigenvalue weighted by Crippen LogP contribution is 2.21. The zero-order valence-corrected chi connectivity index (χ0v) is 12.3. The summed E-state index contributed by atoms with van der Waals surface area (Å²) < 4.78 is 1.76. The number of halogens is 1. The Morgan fingerprint density at radius 3 is 2.85 bits per heavy atom. The van der Waals surface area contributed by atoms with Crippen molar-refractivity contribution >= 4 is 22.4 Å². The molecule has 0 amide bonds. The van der Waals surface area contributed by atoms with Crippen molar-refractivity contribution in [2.45, 2.75) is 19.9 Å². The third-order valence-electron chi connectivity index (χ3n) is 3.34. The molecule has 0 saturated carbocycles. The second-order valence-corrected chi connectivity index (χ2v) is 5.03. The first kappa shape index (κ1) is 15.0. The molecule has 108 valence electrons. The van der Waals surface area contributed by atoms with Gasteiger partial charge in [0.1, 0.15) is 0 Å². The maximum atomic E-state index is 12.6. The van der Waals surface area contributed by atoms with Crippen LogP contribution in [0.1, 0.15) is 12.6 Å². The Bertz CT molecular complexity index is 652. The summed E-state index contributed by atoms with van der Waals surface area (Å²) in [5.74, 6) is 0. The van der Waals surface area contributed by atoms with E-state index in [0.717, 1.165) is 17.5 Å². The Balaban J connectivity index is 2.44. The average Bonchev–Trinajstić information content (AvgIpc) is 2.45. The molecule has 0 aliphatic carbocycles. The Kier molecular flexibility index (Phi) is 5.17. The number of pyridine rings is 1. The van der Waals surface area contributed by atoms with Crippen LogP contribution in [0.15, 0.2) is 29.1 Å². The summed E-state index contributed by atoms with van der Waals surface area (Å²) in [5.41, 5.74) is 0.950. The molecule has 2 N–H and O–H groups in total. The number of rotatable bonds is 6. The number of aliphatic hydroxyl groups is 1. The largest absolute Gasteiger partial charge is 0.395 e. The summed E-state index contributed by atoms with van der Waals surface area (Å²) in [5, 5.41) is 13.8. The maximum absolute atomic E-state index is 12.6. The van der Waals surface area contributed by atoms with Crippen molar-refractivity contribution in [3.63, 3.8) is 0 Å². The molecule has 0 atom stereocenters. The summed E-state index contributed by atoms with van der Waals surface area (Å²) in [6, 6.07) is 7.53. The highest BCUT2D eigenvalue weighted by molar-refractivity contribution is 6.35. The lowest BCUT2D eigenvalue weighted by Gasteiger charge is -2.14. The van der Waals surface area contributed by atoms with Crippen LogP contribution >= 0.6 is 11.6 Å². The minimum Gasteiger partial charge on any atom is -0.395 e. The van der Waals surface area contributed by atoms with E-state index in [0.29, 0.717) is 30.0 Å². The molecule has 2 aromatic rings. The van der Waals surface area contributed by atoms with Crippen molar-refractivity contribution in [3.8, 4) is 0 Å². The minimum absolute atomic E-state index is 0.0456. The fourth-order valence-corrected chi connectivity index (χ4v) is 2.61. The molecule has 0 unspecified atom stereocenters. The Morgan fingerprint density at radius 2 is 2.15 bits per heavy atom. The van der Waals surface area contributed by atoms with E-state index in [2.05, 4.69) is 5.32 Å². The van der Waals surface area contributed by atoms with Gasteiger partial charge in [-0.25, -0.2) is 0 Å². The lowest BCUT2D eigenvalue weighted by atomic mass is 10.1. The molecule has 1 heterocycles. The van der Waals surface area contributed by atoms with Crippen LogP contribution in [-0.2, 0) is 13.0 Å². The zero-order chi connectivity index (χ0) is 14.5. The summed E-state index contributed by atoms with van der Waals surface area (Å²) in [6.07, 6.45) is 0.789. The van der Waals surface area contributed by atoms with Crippen LogP contribution in [0.2, 0.25) is 5.02 Å². The number of fused-ring (bicyclic) bond motifs is 1.